The first-order valence-corrected chi connectivity index (χ1v) is 9.04. The molecule has 0 bridgehead atoms. The van der Waals surface area contributed by atoms with Crippen LogP contribution in [0.5, 0.6) is 0 Å². The van der Waals surface area contributed by atoms with Gasteiger partial charge >= 0.3 is 0 Å². The molecule has 0 aliphatic rings. The molecule has 2 rings (SSSR count). The van der Waals surface area contributed by atoms with Crippen LogP contribution in [0.2, 0.25) is 5.02 Å². The summed E-state index contributed by atoms with van der Waals surface area (Å²) in [6.07, 6.45) is 5.24. The molecule has 5 nitrogen and oxygen atoms in total. The molecule has 1 aromatic heterocycles. The third kappa shape index (κ3) is 5.06. The molecule has 0 aliphatic carbocycles. The van der Waals surface area contributed by atoms with Crippen LogP contribution in [0, 0.1) is 0 Å². The average Bonchev–Trinajstić information content (AvgIpc) is 3.08. The van der Waals surface area contributed by atoms with Gasteiger partial charge in [-0.2, -0.15) is 5.10 Å². The van der Waals surface area contributed by atoms with E-state index in [-0.39, 0.29) is 11.9 Å². The van der Waals surface area contributed by atoms with Crippen molar-refractivity contribution < 1.29 is 9.53 Å². The van der Waals surface area contributed by atoms with Crippen LogP contribution in [-0.4, -0.2) is 46.9 Å². The summed E-state index contributed by atoms with van der Waals surface area (Å²) in [5.74, 6) is -0.00356. The highest BCUT2D eigenvalue weighted by atomic mass is 35.5. The molecule has 0 saturated heterocycles. The van der Waals surface area contributed by atoms with Gasteiger partial charge in [0.25, 0.3) is 5.91 Å². The number of benzene rings is 1. The molecule has 6 heteroatoms. The predicted molar refractivity (Wildman–Crippen MR) is 100 cm³/mol. The highest BCUT2D eigenvalue weighted by Crippen LogP contribution is 2.17. The highest BCUT2D eigenvalue weighted by molar-refractivity contribution is 6.31. The van der Waals surface area contributed by atoms with Crippen molar-refractivity contribution in [1.82, 2.24) is 14.7 Å². The average molecular weight is 364 g/mol. The van der Waals surface area contributed by atoms with Crippen molar-refractivity contribution >= 4 is 17.5 Å². The number of carbonyl (C=O) groups is 1. The van der Waals surface area contributed by atoms with E-state index in [1.54, 1.807) is 24.2 Å². The Kier molecular flexibility index (Phi) is 7.47. The maximum atomic E-state index is 12.9. The smallest absolute Gasteiger partial charge is 0.257 e. The SMILES string of the molecule is CCC(CC)N(CCOC)C(=O)c1cnn(Cc2ccccc2Cl)c1. The Hall–Kier alpha value is -1.85. The lowest BCUT2D eigenvalue weighted by Crippen LogP contribution is -2.41. The summed E-state index contributed by atoms with van der Waals surface area (Å²) in [5.41, 5.74) is 1.57. The fraction of sp³-hybridized carbons (Fsp3) is 0.474. The van der Waals surface area contributed by atoms with Gasteiger partial charge in [0, 0.05) is 30.9 Å². The zero-order valence-electron chi connectivity index (χ0n) is 15.1. The molecule has 0 fully saturated rings. The Morgan fingerprint density at radius 1 is 1.32 bits per heavy atom. The number of methoxy groups -OCH3 is 1. The minimum absolute atomic E-state index is 0.00356. The van der Waals surface area contributed by atoms with Gasteiger partial charge in [0.1, 0.15) is 0 Å². The standard InChI is InChI=1S/C19H26ClN3O2/c1-4-17(5-2)23(10-11-25-3)19(24)16-12-21-22(14-16)13-15-8-6-7-9-18(15)20/h6-9,12,14,17H,4-5,10-11,13H2,1-3H3. The van der Waals surface area contributed by atoms with Crippen molar-refractivity contribution in [1.29, 1.82) is 0 Å². The lowest BCUT2D eigenvalue weighted by molar-refractivity contribution is 0.0589. The van der Waals surface area contributed by atoms with Gasteiger partial charge in [-0.3, -0.25) is 9.48 Å². The van der Waals surface area contributed by atoms with E-state index in [4.69, 9.17) is 16.3 Å². The fourth-order valence-corrected chi connectivity index (χ4v) is 3.09. The first-order valence-electron chi connectivity index (χ1n) is 8.66. The van der Waals surface area contributed by atoms with Crippen LogP contribution in [0.15, 0.2) is 36.7 Å². The minimum Gasteiger partial charge on any atom is -0.383 e. The van der Waals surface area contributed by atoms with Crippen molar-refractivity contribution in [3.05, 3.63) is 52.8 Å². The van der Waals surface area contributed by atoms with Gasteiger partial charge in [-0.25, -0.2) is 0 Å². The number of aromatic nitrogens is 2. The molecule has 1 aromatic carbocycles. The summed E-state index contributed by atoms with van der Waals surface area (Å²) in [6.45, 7) is 5.84. The minimum atomic E-state index is -0.00356. The van der Waals surface area contributed by atoms with Gasteiger partial charge in [0.15, 0.2) is 0 Å². The first-order chi connectivity index (χ1) is 12.1. The molecule has 0 spiro atoms. The van der Waals surface area contributed by atoms with Gasteiger partial charge < -0.3 is 9.64 Å². The van der Waals surface area contributed by atoms with Crippen LogP contribution in [0.4, 0.5) is 0 Å². The van der Waals surface area contributed by atoms with Crippen molar-refractivity contribution in [2.24, 2.45) is 0 Å². The predicted octanol–water partition coefficient (Wildman–Crippen LogP) is 3.86. The van der Waals surface area contributed by atoms with Crippen LogP contribution in [0.25, 0.3) is 0 Å². The van der Waals surface area contributed by atoms with Crippen LogP contribution in [0.1, 0.15) is 42.6 Å². The Bertz CT molecular complexity index is 683. The number of nitrogens with zero attached hydrogens (tertiary/aromatic N) is 3. The number of amides is 1. The number of ether oxygens (including phenoxy) is 1. The molecule has 1 heterocycles. The third-order valence-corrected chi connectivity index (χ3v) is 4.72. The number of halogens is 1. The van der Waals surface area contributed by atoms with Crippen molar-refractivity contribution in [3.8, 4) is 0 Å². The molecular formula is C19H26ClN3O2. The van der Waals surface area contributed by atoms with Gasteiger partial charge in [-0.15, -0.1) is 0 Å². The van der Waals surface area contributed by atoms with Crippen LogP contribution in [0.3, 0.4) is 0 Å². The summed E-state index contributed by atoms with van der Waals surface area (Å²) in [4.78, 5) is 14.8. The quantitative estimate of drug-likeness (QED) is 0.679. The first kappa shape index (κ1) is 19.5. The van der Waals surface area contributed by atoms with E-state index >= 15 is 0 Å². The summed E-state index contributed by atoms with van der Waals surface area (Å²) in [5, 5.41) is 5.03. The van der Waals surface area contributed by atoms with E-state index in [0.29, 0.717) is 30.3 Å². The zero-order chi connectivity index (χ0) is 18.2. The van der Waals surface area contributed by atoms with Crippen molar-refractivity contribution in [2.45, 2.75) is 39.3 Å². The molecule has 0 unspecified atom stereocenters. The van der Waals surface area contributed by atoms with Crippen LogP contribution in [-0.2, 0) is 11.3 Å². The summed E-state index contributed by atoms with van der Waals surface area (Å²) in [7, 11) is 1.65. The summed E-state index contributed by atoms with van der Waals surface area (Å²) < 4.78 is 6.91. The number of carbonyl (C=O) groups excluding carboxylic acids is 1. The molecule has 0 N–H and O–H groups in total. The molecular weight excluding hydrogens is 338 g/mol. The van der Waals surface area contributed by atoms with E-state index in [1.165, 1.54) is 0 Å². The van der Waals surface area contributed by atoms with Crippen molar-refractivity contribution in [3.63, 3.8) is 0 Å². The number of hydrogen-bond acceptors (Lipinski definition) is 3. The number of rotatable bonds is 9. The van der Waals surface area contributed by atoms with E-state index in [2.05, 4.69) is 18.9 Å². The Labute approximate surface area is 154 Å². The Morgan fingerprint density at radius 3 is 2.68 bits per heavy atom. The fourth-order valence-electron chi connectivity index (χ4n) is 2.90. The lowest BCUT2D eigenvalue weighted by Gasteiger charge is -2.30. The van der Waals surface area contributed by atoms with E-state index in [9.17, 15) is 4.79 Å². The van der Waals surface area contributed by atoms with Gasteiger partial charge in [-0.05, 0) is 24.5 Å². The molecule has 1 amide bonds. The van der Waals surface area contributed by atoms with Gasteiger partial charge in [0.2, 0.25) is 0 Å². The second-order valence-corrected chi connectivity index (χ2v) is 6.39. The monoisotopic (exact) mass is 363 g/mol. The van der Waals surface area contributed by atoms with Gasteiger partial charge in [0.05, 0.1) is 24.9 Å². The number of hydrogen-bond donors (Lipinski definition) is 0. The highest BCUT2D eigenvalue weighted by Gasteiger charge is 2.23. The Morgan fingerprint density at radius 2 is 2.04 bits per heavy atom. The van der Waals surface area contributed by atoms with E-state index < -0.39 is 0 Å². The maximum absolute atomic E-state index is 12.9. The van der Waals surface area contributed by atoms with Crippen LogP contribution >= 0.6 is 11.6 Å². The largest absolute Gasteiger partial charge is 0.383 e. The molecule has 136 valence electrons. The molecule has 0 saturated carbocycles. The second-order valence-electron chi connectivity index (χ2n) is 5.98. The molecule has 25 heavy (non-hydrogen) atoms. The Balaban J connectivity index is 2.15. The zero-order valence-corrected chi connectivity index (χ0v) is 15.9. The topological polar surface area (TPSA) is 47.4 Å². The molecule has 2 aromatic rings. The summed E-state index contributed by atoms with van der Waals surface area (Å²) >= 11 is 6.20. The van der Waals surface area contributed by atoms with E-state index in [1.807, 2.05) is 29.2 Å². The second kappa shape index (κ2) is 9.59. The van der Waals surface area contributed by atoms with Gasteiger partial charge in [-0.1, -0.05) is 43.6 Å². The normalized spacial score (nSPS) is 11.1. The molecule has 0 atom stereocenters. The lowest BCUT2D eigenvalue weighted by atomic mass is 10.1. The van der Waals surface area contributed by atoms with Crippen molar-refractivity contribution in [2.75, 3.05) is 20.3 Å². The molecule has 0 radical (unpaired) electrons. The third-order valence-electron chi connectivity index (χ3n) is 4.35. The molecule has 0 aliphatic heterocycles. The van der Waals surface area contributed by atoms with E-state index in [0.717, 1.165) is 18.4 Å². The maximum Gasteiger partial charge on any atom is 0.257 e. The summed E-state index contributed by atoms with van der Waals surface area (Å²) in [6, 6.07) is 7.85. The van der Waals surface area contributed by atoms with Crippen LogP contribution < -0.4 is 0 Å².